The van der Waals surface area contributed by atoms with E-state index >= 15 is 0 Å². The summed E-state index contributed by atoms with van der Waals surface area (Å²) < 4.78 is 35.1. The van der Waals surface area contributed by atoms with Crippen molar-refractivity contribution in [1.82, 2.24) is 9.97 Å². The first kappa shape index (κ1) is 20.0. The zero-order valence-electron chi connectivity index (χ0n) is 15.5. The Morgan fingerprint density at radius 2 is 2.03 bits per heavy atom. The number of nitrogens with zero attached hydrogens (tertiary/aromatic N) is 2. The number of aromatic amines is 1. The molecule has 2 heterocycles. The van der Waals surface area contributed by atoms with Crippen LogP contribution in [-0.4, -0.2) is 33.5 Å². The van der Waals surface area contributed by atoms with Crippen molar-refractivity contribution in [2.75, 3.05) is 11.5 Å². The van der Waals surface area contributed by atoms with E-state index < -0.39 is 29.0 Å². The molecule has 29 heavy (non-hydrogen) atoms. The molecule has 0 aliphatic carbocycles. The van der Waals surface area contributed by atoms with Crippen LogP contribution in [0.5, 0.6) is 5.75 Å². The molecule has 1 aliphatic rings. The Hall–Kier alpha value is -2.24. The predicted octanol–water partition coefficient (Wildman–Crippen LogP) is 4.57. The van der Waals surface area contributed by atoms with E-state index in [9.17, 15) is 13.6 Å². The molecule has 0 saturated carbocycles. The molecule has 1 N–H and O–H groups in total. The second-order valence-electron chi connectivity index (χ2n) is 7.07. The summed E-state index contributed by atoms with van der Waals surface area (Å²) in [6.07, 6.45) is 2.27. The number of β-lactam (4-membered cyclic amide) rings is 1. The van der Waals surface area contributed by atoms with Crippen LogP contribution in [0.2, 0.25) is 0 Å². The van der Waals surface area contributed by atoms with Crippen LogP contribution in [0.1, 0.15) is 24.9 Å². The Morgan fingerprint density at radius 1 is 1.31 bits per heavy atom. The van der Waals surface area contributed by atoms with Crippen LogP contribution >= 0.6 is 20.8 Å². The Balaban J connectivity index is 1.64. The Morgan fingerprint density at radius 3 is 2.72 bits per heavy atom. The summed E-state index contributed by atoms with van der Waals surface area (Å²) in [6, 6.07) is 6.42. The van der Waals surface area contributed by atoms with E-state index in [0.717, 1.165) is 24.1 Å². The Labute approximate surface area is 173 Å². The SMILES string of the molecule is CC(P)CCOc1cc(F)c(C2C(Cl)C(=O)N2c2ccc3nc[nH]c3c2)c(F)c1. The van der Waals surface area contributed by atoms with Gasteiger partial charge in [0, 0.05) is 23.4 Å². The van der Waals surface area contributed by atoms with E-state index in [1.54, 1.807) is 18.2 Å². The maximum Gasteiger partial charge on any atom is 0.248 e. The molecule has 1 fully saturated rings. The molecule has 1 aromatic heterocycles. The lowest BCUT2D eigenvalue weighted by Gasteiger charge is -2.44. The Bertz CT molecular complexity index is 1050. The van der Waals surface area contributed by atoms with E-state index in [2.05, 4.69) is 19.2 Å². The molecule has 0 radical (unpaired) electrons. The van der Waals surface area contributed by atoms with Crippen molar-refractivity contribution in [3.8, 4) is 5.75 Å². The van der Waals surface area contributed by atoms with Crippen molar-refractivity contribution in [2.24, 2.45) is 0 Å². The van der Waals surface area contributed by atoms with Gasteiger partial charge in [0.15, 0.2) is 0 Å². The second-order valence-corrected chi connectivity index (χ2v) is 8.68. The van der Waals surface area contributed by atoms with Crippen molar-refractivity contribution in [3.05, 3.63) is 53.9 Å². The predicted molar refractivity (Wildman–Crippen MR) is 112 cm³/mol. The number of imidazole rings is 1. The van der Waals surface area contributed by atoms with Crippen LogP contribution in [0.4, 0.5) is 14.5 Å². The first-order valence-corrected chi connectivity index (χ1v) is 10.2. The third kappa shape index (κ3) is 3.69. The van der Waals surface area contributed by atoms with Crippen molar-refractivity contribution in [2.45, 2.75) is 30.4 Å². The number of ether oxygens (including phenoxy) is 1. The molecule has 3 aromatic rings. The average molecular weight is 438 g/mol. The Kier molecular flexibility index (Phi) is 5.45. The van der Waals surface area contributed by atoms with Gasteiger partial charge in [-0.05, 0) is 30.3 Å². The van der Waals surface area contributed by atoms with Gasteiger partial charge in [0.2, 0.25) is 5.91 Å². The molecule has 4 atom stereocenters. The molecular weight excluding hydrogens is 419 g/mol. The number of fused-ring (bicyclic) bond motifs is 1. The smallest absolute Gasteiger partial charge is 0.248 e. The summed E-state index contributed by atoms with van der Waals surface area (Å²) in [5, 5.41) is -1.05. The summed E-state index contributed by atoms with van der Waals surface area (Å²) >= 11 is 6.17. The highest BCUT2D eigenvalue weighted by Crippen LogP contribution is 2.44. The number of nitrogens with one attached hydrogen (secondary N) is 1. The number of carbonyl (C=O) groups is 1. The van der Waals surface area contributed by atoms with Gasteiger partial charge in [0.25, 0.3) is 0 Å². The summed E-state index contributed by atoms with van der Waals surface area (Å²) in [6.45, 7) is 2.35. The van der Waals surface area contributed by atoms with Crippen LogP contribution in [0.25, 0.3) is 11.0 Å². The van der Waals surface area contributed by atoms with E-state index in [0.29, 0.717) is 23.5 Å². The molecular formula is C20H19ClF2N3O2P. The summed E-state index contributed by atoms with van der Waals surface area (Å²) in [5.74, 6) is -1.90. The van der Waals surface area contributed by atoms with Gasteiger partial charge in [-0.2, -0.15) is 0 Å². The molecule has 4 rings (SSSR count). The molecule has 0 bridgehead atoms. The first-order chi connectivity index (χ1) is 13.9. The average Bonchev–Trinajstić information content (AvgIpc) is 3.14. The van der Waals surface area contributed by atoms with Crippen LogP contribution < -0.4 is 9.64 Å². The van der Waals surface area contributed by atoms with Crippen molar-refractivity contribution >= 4 is 43.5 Å². The minimum absolute atomic E-state index is 0.108. The number of hydrogen-bond donors (Lipinski definition) is 1. The highest BCUT2D eigenvalue weighted by atomic mass is 35.5. The van der Waals surface area contributed by atoms with Gasteiger partial charge >= 0.3 is 0 Å². The molecule has 1 amide bonds. The largest absolute Gasteiger partial charge is 0.493 e. The van der Waals surface area contributed by atoms with Gasteiger partial charge < -0.3 is 14.6 Å². The van der Waals surface area contributed by atoms with E-state index in [4.69, 9.17) is 16.3 Å². The van der Waals surface area contributed by atoms with Gasteiger partial charge in [0.1, 0.15) is 22.8 Å². The number of benzene rings is 2. The fourth-order valence-electron chi connectivity index (χ4n) is 3.38. The van der Waals surface area contributed by atoms with Crippen LogP contribution in [0.15, 0.2) is 36.7 Å². The summed E-state index contributed by atoms with van der Waals surface area (Å²) in [5.41, 5.74) is 2.01. The molecule has 2 aromatic carbocycles. The first-order valence-electron chi connectivity index (χ1n) is 9.14. The number of alkyl halides is 1. The van der Waals surface area contributed by atoms with Gasteiger partial charge in [-0.15, -0.1) is 20.8 Å². The monoisotopic (exact) mass is 437 g/mol. The highest BCUT2D eigenvalue weighted by Gasteiger charge is 2.50. The lowest BCUT2D eigenvalue weighted by molar-refractivity contribution is -0.123. The molecule has 152 valence electrons. The summed E-state index contributed by atoms with van der Waals surface area (Å²) in [4.78, 5) is 20.8. The lowest BCUT2D eigenvalue weighted by Crippen LogP contribution is -2.57. The minimum atomic E-state index is -1.05. The number of aromatic nitrogens is 2. The van der Waals surface area contributed by atoms with Gasteiger partial charge in [-0.25, -0.2) is 13.8 Å². The van der Waals surface area contributed by atoms with Crippen LogP contribution in [0, 0.1) is 11.6 Å². The second kappa shape index (κ2) is 7.88. The zero-order chi connectivity index (χ0) is 20.7. The van der Waals surface area contributed by atoms with Crippen LogP contribution in [0.3, 0.4) is 0 Å². The standard InChI is InChI=1S/C20H19ClF2N3O2P/c1-10(29)4-5-28-12-7-13(22)17(14(23)8-12)19-18(21)20(27)26(19)11-2-3-15-16(6-11)25-9-24-15/h2-3,6-10,18-19H,4-5,29H2,1H3,(H,24,25). The quantitative estimate of drug-likeness (QED) is 0.349. The third-order valence-electron chi connectivity index (χ3n) is 4.90. The summed E-state index contributed by atoms with van der Waals surface area (Å²) in [7, 11) is 2.64. The topological polar surface area (TPSA) is 58.2 Å². The van der Waals surface area contributed by atoms with Gasteiger partial charge in [-0.3, -0.25) is 4.79 Å². The number of carbonyl (C=O) groups excluding carboxylic acids is 1. The van der Waals surface area contributed by atoms with Crippen molar-refractivity contribution < 1.29 is 18.3 Å². The maximum absolute atomic E-state index is 14.8. The van der Waals surface area contributed by atoms with Gasteiger partial charge in [0.05, 0.1) is 30.0 Å². The van der Waals surface area contributed by atoms with E-state index in [1.165, 1.54) is 11.2 Å². The number of hydrogen-bond acceptors (Lipinski definition) is 3. The number of halogens is 3. The fraction of sp³-hybridized carbons (Fsp3) is 0.300. The van der Waals surface area contributed by atoms with Crippen molar-refractivity contribution in [3.63, 3.8) is 0 Å². The highest BCUT2D eigenvalue weighted by molar-refractivity contribution is 7.17. The molecule has 4 unspecified atom stereocenters. The number of amides is 1. The lowest BCUT2D eigenvalue weighted by atomic mass is 9.91. The molecule has 1 saturated heterocycles. The molecule has 5 nitrogen and oxygen atoms in total. The van der Waals surface area contributed by atoms with Crippen molar-refractivity contribution in [1.29, 1.82) is 0 Å². The minimum Gasteiger partial charge on any atom is -0.493 e. The number of anilines is 1. The molecule has 1 aliphatic heterocycles. The number of H-pyrrole nitrogens is 1. The molecule has 9 heteroatoms. The zero-order valence-corrected chi connectivity index (χ0v) is 17.4. The van der Waals surface area contributed by atoms with Crippen LogP contribution in [-0.2, 0) is 4.79 Å². The number of rotatable bonds is 6. The third-order valence-corrected chi connectivity index (χ3v) is 5.66. The van der Waals surface area contributed by atoms with E-state index in [1.807, 2.05) is 6.92 Å². The molecule has 0 spiro atoms. The van der Waals surface area contributed by atoms with Gasteiger partial charge in [-0.1, -0.05) is 6.92 Å². The van der Waals surface area contributed by atoms with E-state index in [-0.39, 0.29) is 11.3 Å². The fourth-order valence-corrected chi connectivity index (χ4v) is 3.86. The normalized spacial score (nSPS) is 20.0. The maximum atomic E-state index is 14.8.